The van der Waals surface area contributed by atoms with E-state index in [2.05, 4.69) is 26.8 Å². The number of ketones is 1. The first-order valence-electron chi connectivity index (χ1n) is 10.5. The number of rotatable bonds is 3. The Morgan fingerprint density at radius 1 is 1.18 bits per heavy atom. The first-order valence-corrected chi connectivity index (χ1v) is 10.5. The summed E-state index contributed by atoms with van der Waals surface area (Å²) in [5.74, 6) is 0.740. The van der Waals surface area contributed by atoms with E-state index < -0.39 is 11.6 Å². The molecule has 28 heavy (non-hydrogen) atoms. The monoisotopic (exact) mass is 412 g/mol. The Balaban J connectivity index is 0.00000225. The van der Waals surface area contributed by atoms with Gasteiger partial charge in [-0.3, -0.25) is 9.59 Å². The van der Waals surface area contributed by atoms with Gasteiger partial charge in [-0.15, -0.1) is 0 Å². The molecular weight excluding hydrogens is 379 g/mol. The van der Waals surface area contributed by atoms with Gasteiger partial charge in [0.15, 0.2) is 5.78 Å². The van der Waals surface area contributed by atoms with Crippen LogP contribution < -0.4 is 0 Å². The third-order valence-electron chi connectivity index (χ3n) is 8.90. The normalized spacial score (nSPS) is 44.4. The summed E-state index contributed by atoms with van der Waals surface area (Å²) in [7, 11) is 0. The van der Waals surface area contributed by atoms with E-state index in [0.29, 0.717) is 37.0 Å². The minimum atomic E-state index is -0.873. The van der Waals surface area contributed by atoms with Crippen molar-refractivity contribution in [3.8, 4) is 0 Å². The van der Waals surface area contributed by atoms with Crippen LogP contribution in [-0.2, 0) is 9.59 Å². The van der Waals surface area contributed by atoms with Crippen LogP contribution in [0.25, 0.3) is 0 Å². The average Bonchev–Trinajstić information content (AvgIpc) is 2.87. The van der Waals surface area contributed by atoms with Crippen LogP contribution in [0.1, 0.15) is 72.1 Å². The Bertz CT molecular complexity index is 756. The molecule has 4 rings (SSSR count). The first kappa shape index (κ1) is 22.9. The second-order valence-electron chi connectivity index (χ2n) is 10.0. The van der Waals surface area contributed by atoms with Crippen molar-refractivity contribution >= 4 is 63.1 Å². The number of fused-ring (bicyclic) bond motifs is 5. The topological polar surface area (TPSA) is 74.6 Å². The van der Waals surface area contributed by atoms with E-state index in [-0.39, 0.29) is 74.4 Å². The van der Waals surface area contributed by atoms with Gasteiger partial charge in [-0.25, -0.2) is 0 Å². The number of carboxylic acid groups (broad SMARTS) is 1. The number of hydrogen-bond acceptors (Lipinski definition) is 3. The van der Waals surface area contributed by atoms with E-state index >= 15 is 0 Å². The van der Waals surface area contributed by atoms with Gasteiger partial charge in [0.05, 0.1) is 5.60 Å². The zero-order valence-corrected chi connectivity index (χ0v) is 16.8. The van der Waals surface area contributed by atoms with Crippen molar-refractivity contribution in [1.29, 1.82) is 0 Å². The summed E-state index contributed by atoms with van der Waals surface area (Å²) >= 11 is 0. The van der Waals surface area contributed by atoms with E-state index in [9.17, 15) is 14.7 Å². The minimum absolute atomic E-state index is 0. The predicted molar refractivity (Wildman–Crippen MR) is 110 cm³/mol. The Morgan fingerprint density at radius 2 is 1.86 bits per heavy atom. The zero-order valence-electron chi connectivity index (χ0n) is 16.8. The third-order valence-corrected chi connectivity index (χ3v) is 8.90. The van der Waals surface area contributed by atoms with Gasteiger partial charge in [0.25, 0.3) is 0 Å². The van der Waals surface area contributed by atoms with Gasteiger partial charge in [0, 0.05) is 12.8 Å². The molecule has 4 nitrogen and oxygen atoms in total. The number of aliphatic carboxylic acids is 1. The summed E-state index contributed by atoms with van der Waals surface area (Å²) in [6.07, 6.45) is 9.87. The van der Waals surface area contributed by atoms with Crippen molar-refractivity contribution in [2.24, 2.45) is 28.6 Å². The quantitative estimate of drug-likeness (QED) is 0.694. The second-order valence-corrected chi connectivity index (χ2v) is 10.0. The number of allylic oxidation sites excluding steroid dienone is 4. The molecule has 4 aliphatic carbocycles. The molecular formula is C23H33KO4. The van der Waals surface area contributed by atoms with E-state index in [1.165, 1.54) is 11.1 Å². The van der Waals surface area contributed by atoms with Crippen LogP contribution in [0.15, 0.2) is 23.3 Å². The van der Waals surface area contributed by atoms with Gasteiger partial charge in [0.1, 0.15) is 0 Å². The molecule has 0 radical (unpaired) electrons. The molecule has 0 heterocycles. The van der Waals surface area contributed by atoms with Crippen LogP contribution in [0.5, 0.6) is 0 Å². The van der Waals surface area contributed by atoms with E-state index in [1.807, 2.05) is 6.08 Å². The van der Waals surface area contributed by atoms with Gasteiger partial charge in [-0.2, -0.15) is 0 Å². The summed E-state index contributed by atoms with van der Waals surface area (Å²) < 4.78 is 0. The van der Waals surface area contributed by atoms with E-state index in [1.54, 1.807) is 0 Å². The van der Waals surface area contributed by atoms with Gasteiger partial charge < -0.3 is 10.2 Å². The third kappa shape index (κ3) is 3.29. The summed E-state index contributed by atoms with van der Waals surface area (Å²) in [5, 5.41) is 20.6. The molecule has 2 saturated carbocycles. The number of hydrogen-bond donors (Lipinski definition) is 2. The van der Waals surface area contributed by atoms with Crippen molar-refractivity contribution in [2.75, 3.05) is 0 Å². The van der Waals surface area contributed by atoms with Crippen LogP contribution in [0.3, 0.4) is 0 Å². The molecule has 5 heteroatoms. The summed E-state index contributed by atoms with van der Waals surface area (Å²) in [6.45, 7) is 6.67. The SMILES string of the molecule is CC1=C[C@@H]2[C@H](CC[C@@]3(C)[C@H]2CC[C@@]3(O)CCC(=O)O)[C@@]2(C)CCC(=O)C=C12.[KH]. The van der Waals surface area contributed by atoms with Crippen molar-refractivity contribution in [2.45, 2.75) is 77.7 Å². The Morgan fingerprint density at radius 3 is 2.54 bits per heavy atom. The maximum absolute atomic E-state index is 12.0. The van der Waals surface area contributed by atoms with Crippen LogP contribution in [-0.4, -0.2) is 79.0 Å². The molecule has 0 spiro atoms. The fourth-order valence-corrected chi connectivity index (χ4v) is 7.25. The molecule has 0 saturated heterocycles. The van der Waals surface area contributed by atoms with E-state index in [4.69, 9.17) is 5.11 Å². The number of carboxylic acids is 1. The molecule has 150 valence electrons. The van der Waals surface area contributed by atoms with Gasteiger partial charge in [-0.1, -0.05) is 25.5 Å². The Kier molecular flexibility index (Phi) is 6.31. The molecule has 0 aromatic rings. The molecule has 0 aromatic carbocycles. The molecule has 0 bridgehead atoms. The van der Waals surface area contributed by atoms with Gasteiger partial charge in [-0.05, 0) is 85.7 Å². The summed E-state index contributed by atoms with van der Waals surface area (Å²) in [4.78, 5) is 23.1. The van der Waals surface area contributed by atoms with Gasteiger partial charge in [0.2, 0.25) is 0 Å². The van der Waals surface area contributed by atoms with Gasteiger partial charge >= 0.3 is 57.4 Å². The number of carbonyl (C=O) groups is 2. The van der Waals surface area contributed by atoms with Crippen molar-refractivity contribution in [1.82, 2.24) is 0 Å². The molecule has 2 N–H and O–H groups in total. The molecule has 0 aromatic heterocycles. The fraction of sp³-hybridized carbons (Fsp3) is 0.739. The summed E-state index contributed by atoms with van der Waals surface area (Å²) in [6, 6.07) is 0. The fourth-order valence-electron chi connectivity index (χ4n) is 7.25. The first-order chi connectivity index (χ1) is 12.6. The Hall–Kier alpha value is 0.216. The van der Waals surface area contributed by atoms with Crippen LogP contribution in [0, 0.1) is 28.6 Å². The van der Waals surface area contributed by atoms with Crippen molar-refractivity contribution in [3.05, 3.63) is 23.3 Å². The predicted octanol–water partition coefficient (Wildman–Crippen LogP) is 3.63. The zero-order chi connectivity index (χ0) is 19.6. The van der Waals surface area contributed by atoms with Crippen molar-refractivity contribution < 1.29 is 19.8 Å². The molecule has 0 unspecified atom stereocenters. The van der Waals surface area contributed by atoms with Crippen LogP contribution in [0.4, 0.5) is 0 Å². The van der Waals surface area contributed by atoms with E-state index in [0.717, 1.165) is 25.7 Å². The Labute approximate surface area is 210 Å². The summed E-state index contributed by atoms with van der Waals surface area (Å²) in [5.41, 5.74) is 1.44. The molecule has 0 aliphatic heterocycles. The van der Waals surface area contributed by atoms with Crippen LogP contribution >= 0.6 is 0 Å². The maximum atomic E-state index is 12.0. The molecule has 4 aliphatic rings. The van der Waals surface area contributed by atoms with Crippen LogP contribution in [0.2, 0.25) is 0 Å². The molecule has 2 fully saturated rings. The standard InChI is InChI=1S/C23H32O4.K.H/c1-14-12-16-17(21(2)8-4-15(24)13-19(14)21)5-9-22(3)18(16)6-10-23(22,27)11-7-20(25)26;;/h12-13,16-18,27H,4-11H2,1-3H3,(H,25,26);;/t16-,17+,18+,21-,22+,23-;;/m1../s1. The number of aliphatic hydroxyl groups is 1. The average molecular weight is 413 g/mol. The van der Waals surface area contributed by atoms with Crippen molar-refractivity contribution in [3.63, 3.8) is 0 Å². The molecule has 0 amide bonds. The molecule has 6 atom stereocenters. The number of carbonyl (C=O) groups excluding carboxylic acids is 1. The second kappa shape index (κ2) is 7.72.